The van der Waals surface area contributed by atoms with Gasteiger partial charge >= 0.3 is 12.1 Å². The normalized spacial score (nSPS) is 27.9. The second kappa shape index (κ2) is 9.65. The summed E-state index contributed by atoms with van der Waals surface area (Å²) in [6.07, 6.45) is 3.58. The number of fused-ring (bicyclic) bond motifs is 1. The van der Waals surface area contributed by atoms with E-state index < -0.39 is 18.3 Å². The number of urea groups is 1. The molecule has 2 heterocycles. The summed E-state index contributed by atoms with van der Waals surface area (Å²) >= 11 is 0. The summed E-state index contributed by atoms with van der Waals surface area (Å²) in [5.74, 6) is -0.0442. The van der Waals surface area contributed by atoms with Gasteiger partial charge in [0.1, 0.15) is 12.2 Å². The number of benzene rings is 1. The molecule has 0 unspecified atom stereocenters. The molecule has 9 heteroatoms. The van der Waals surface area contributed by atoms with Gasteiger partial charge in [0.2, 0.25) is 0 Å². The van der Waals surface area contributed by atoms with Gasteiger partial charge in [-0.15, -0.1) is 0 Å². The number of Topliss-reactive ketones (excluding diaryl/α,β-unsaturated/α-hetero) is 1. The first kappa shape index (κ1) is 21.6. The maximum Gasteiger partial charge on any atom is 0.412 e. The SMILES string of the molecule is CC(=O)c1ccc(NC(=O)O[C@@H]2CO[C@H]3[C@@H]2OC[C@@H]3NC(=O)NC2CCCCC2)cc1. The molecule has 3 fully saturated rings. The Morgan fingerprint density at radius 2 is 1.65 bits per heavy atom. The van der Waals surface area contributed by atoms with Gasteiger partial charge in [-0.25, -0.2) is 9.59 Å². The monoisotopic (exact) mass is 431 g/mol. The van der Waals surface area contributed by atoms with Crippen molar-refractivity contribution in [3.05, 3.63) is 29.8 Å². The van der Waals surface area contributed by atoms with Crippen LogP contribution in [0.3, 0.4) is 0 Å². The lowest BCUT2D eigenvalue weighted by Crippen LogP contribution is -2.51. The second-order valence-electron chi connectivity index (χ2n) is 8.36. The molecule has 31 heavy (non-hydrogen) atoms. The Bertz CT molecular complexity index is 808. The second-order valence-corrected chi connectivity index (χ2v) is 8.36. The molecule has 3 amide bonds. The van der Waals surface area contributed by atoms with Gasteiger partial charge < -0.3 is 24.8 Å². The summed E-state index contributed by atoms with van der Waals surface area (Å²) in [6.45, 7) is 1.99. The zero-order valence-electron chi connectivity index (χ0n) is 17.6. The highest BCUT2D eigenvalue weighted by Gasteiger charge is 2.50. The van der Waals surface area contributed by atoms with E-state index in [4.69, 9.17) is 14.2 Å². The molecule has 9 nitrogen and oxygen atoms in total. The minimum Gasteiger partial charge on any atom is -0.441 e. The van der Waals surface area contributed by atoms with Gasteiger partial charge in [0.15, 0.2) is 11.9 Å². The number of carbonyl (C=O) groups is 3. The quantitative estimate of drug-likeness (QED) is 0.618. The molecule has 4 rings (SSSR count). The Morgan fingerprint density at radius 3 is 2.35 bits per heavy atom. The van der Waals surface area contributed by atoms with Crippen LogP contribution in [-0.2, 0) is 14.2 Å². The van der Waals surface area contributed by atoms with E-state index in [1.807, 2.05) is 0 Å². The van der Waals surface area contributed by atoms with Crippen LogP contribution in [0.5, 0.6) is 0 Å². The molecule has 3 aliphatic rings. The molecular formula is C22H29N3O6. The largest absolute Gasteiger partial charge is 0.441 e. The van der Waals surface area contributed by atoms with Crippen LogP contribution in [0.1, 0.15) is 49.4 Å². The molecular weight excluding hydrogens is 402 g/mol. The Morgan fingerprint density at radius 1 is 0.935 bits per heavy atom. The predicted octanol–water partition coefficient (Wildman–Crippen LogP) is 2.60. The van der Waals surface area contributed by atoms with Crippen molar-refractivity contribution >= 4 is 23.6 Å². The number of hydrogen-bond acceptors (Lipinski definition) is 6. The fourth-order valence-electron chi connectivity index (χ4n) is 4.40. The number of rotatable bonds is 5. The third-order valence-corrected chi connectivity index (χ3v) is 6.06. The van der Waals surface area contributed by atoms with Crippen LogP contribution >= 0.6 is 0 Å². The van der Waals surface area contributed by atoms with Gasteiger partial charge in [-0.2, -0.15) is 0 Å². The summed E-state index contributed by atoms with van der Waals surface area (Å²) in [5.41, 5.74) is 1.09. The van der Waals surface area contributed by atoms with Crippen LogP contribution < -0.4 is 16.0 Å². The van der Waals surface area contributed by atoms with Gasteiger partial charge in [-0.05, 0) is 44.0 Å². The fourth-order valence-corrected chi connectivity index (χ4v) is 4.40. The standard InChI is InChI=1S/C22H29N3O6/c1-13(26)14-7-9-16(10-8-14)24-22(28)31-18-12-30-19-17(11-29-20(18)19)25-21(27)23-15-5-3-2-4-6-15/h7-10,15,17-20H,2-6,11-12H2,1H3,(H,24,28)(H2,23,25,27)/t17-,18+,19+,20+/m0/s1. The maximum absolute atomic E-state index is 12.3. The van der Waals surface area contributed by atoms with Crippen LogP contribution in [-0.4, -0.2) is 61.5 Å². The van der Waals surface area contributed by atoms with Gasteiger partial charge in [0, 0.05) is 17.3 Å². The van der Waals surface area contributed by atoms with Crippen LogP contribution in [0.4, 0.5) is 15.3 Å². The Balaban J connectivity index is 1.24. The van der Waals surface area contributed by atoms with E-state index in [9.17, 15) is 14.4 Å². The van der Waals surface area contributed by atoms with Crippen molar-refractivity contribution in [3.63, 3.8) is 0 Å². The van der Waals surface area contributed by atoms with Crippen molar-refractivity contribution in [2.75, 3.05) is 18.5 Å². The molecule has 0 bridgehead atoms. The van der Waals surface area contributed by atoms with Gasteiger partial charge in [0.25, 0.3) is 0 Å². The number of nitrogens with one attached hydrogen (secondary N) is 3. The average molecular weight is 431 g/mol. The molecule has 0 spiro atoms. The lowest BCUT2D eigenvalue weighted by Gasteiger charge is -2.24. The average Bonchev–Trinajstić information content (AvgIpc) is 3.32. The number of carbonyl (C=O) groups excluding carboxylic acids is 3. The number of ketones is 1. The van der Waals surface area contributed by atoms with Crippen molar-refractivity contribution in [1.29, 1.82) is 0 Å². The molecule has 1 aromatic carbocycles. The molecule has 4 atom stereocenters. The highest BCUT2D eigenvalue weighted by atomic mass is 16.6. The third-order valence-electron chi connectivity index (χ3n) is 6.06. The third kappa shape index (κ3) is 5.34. The lowest BCUT2D eigenvalue weighted by molar-refractivity contribution is 0.00871. The molecule has 2 saturated heterocycles. The first-order chi connectivity index (χ1) is 15.0. The molecule has 0 radical (unpaired) electrons. The van der Waals surface area contributed by atoms with Gasteiger partial charge in [-0.3, -0.25) is 10.1 Å². The molecule has 3 N–H and O–H groups in total. The van der Waals surface area contributed by atoms with E-state index >= 15 is 0 Å². The van der Waals surface area contributed by atoms with Crippen molar-refractivity contribution in [2.24, 2.45) is 0 Å². The van der Waals surface area contributed by atoms with Crippen molar-refractivity contribution < 1.29 is 28.6 Å². The van der Waals surface area contributed by atoms with E-state index in [1.165, 1.54) is 13.3 Å². The van der Waals surface area contributed by atoms with Crippen LogP contribution in [0.2, 0.25) is 0 Å². The van der Waals surface area contributed by atoms with E-state index in [2.05, 4.69) is 16.0 Å². The maximum atomic E-state index is 12.3. The summed E-state index contributed by atoms with van der Waals surface area (Å²) in [5, 5.41) is 8.61. The Hall–Kier alpha value is -2.65. The number of hydrogen-bond donors (Lipinski definition) is 3. The van der Waals surface area contributed by atoms with E-state index in [-0.39, 0.29) is 36.6 Å². The van der Waals surface area contributed by atoms with Crippen molar-refractivity contribution in [3.8, 4) is 0 Å². The van der Waals surface area contributed by atoms with Crippen molar-refractivity contribution in [1.82, 2.24) is 10.6 Å². The minimum atomic E-state index is -0.625. The summed E-state index contributed by atoms with van der Waals surface area (Å²) in [4.78, 5) is 35.9. The van der Waals surface area contributed by atoms with Gasteiger partial charge in [0.05, 0.1) is 19.3 Å². The van der Waals surface area contributed by atoms with E-state index in [1.54, 1.807) is 24.3 Å². The first-order valence-electron chi connectivity index (χ1n) is 10.9. The summed E-state index contributed by atoms with van der Waals surface area (Å²) in [6, 6.07) is 6.29. The highest BCUT2D eigenvalue weighted by molar-refractivity contribution is 5.95. The Labute approximate surface area is 181 Å². The summed E-state index contributed by atoms with van der Waals surface area (Å²) in [7, 11) is 0. The smallest absolute Gasteiger partial charge is 0.412 e. The van der Waals surface area contributed by atoms with E-state index in [0.29, 0.717) is 17.9 Å². The molecule has 1 saturated carbocycles. The zero-order chi connectivity index (χ0) is 21.8. The Kier molecular flexibility index (Phi) is 6.72. The zero-order valence-corrected chi connectivity index (χ0v) is 17.6. The summed E-state index contributed by atoms with van der Waals surface area (Å²) < 4.78 is 17.0. The van der Waals surface area contributed by atoms with Crippen molar-refractivity contribution in [2.45, 2.75) is 69.4 Å². The fraction of sp³-hybridized carbons (Fsp3) is 0.591. The molecule has 2 aliphatic heterocycles. The lowest BCUT2D eigenvalue weighted by atomic mass is 9.96. The van der Waals surface area contributed by atoms with E-state index in [0.717, 1.165) is 25.7 Å². The van der Waals surface area contributed by atoms with Crippen LogP contribution in [0.25, 0.3) is 0 Å². The molecule has 1 aliphatic carbocycles. The number of ether oxygens (including phenoxy) is 3. The minimum absolute atomic E-state index is 0.0442. The molecule has 168 valence electrons. The molecule has 1 aromatic rings. The van der Waals surface area contributed by atoms with Gasteiger partial charge in [-0.1, -0.05) is 19.3 Å². The molecule has 0 aromatic heterocycles. The predicted molar refractivity (Wildman–Crippen MR) is 112 cm³/mol. The highest BCUT2D eigenvalue weighted by Crippen LogP contribution is 2.29. The number of anilines is 1. The van der Waals surface area contributed by atoms with Crippen LogP contribution in [0, 0.1) is 0 Å². The number of amides is 3. The topological polar surface area (TPSA) is 115 Å². The first-order valence-corrected chi connectivity index (χ1v) is 10.9. The van der Waals surface area contributed by atoms with Crippen LogP contribution in [0.15, 0.2) is 24.3 Å².